The lowest BCUT2D eigenvalue weighted by Crippen LogP contribution is -1.91. The van der Waals surface area contributed by atoms with Crippen molar-refractivity contribution in [1.82, 2.24) is 0 Å². The van der Waals surface area contributed by atoms with Crippen LogP contribution in [0.5, 0.6) is 0 Å². The molecule has 0 saturated heterocycles. The number of halogens is 1. The molecular weight excluding hydrogens is 251 g/mol. The van der Waals surface area contributed by atoms with Gasteiger partial charge in [0.2, 0.25) is 0 Å². The van der Waals surface area contributed by atoms with Crippen LogP contribution in [0.4, 0.5) is 0 Å². The van der Waals surface area contributed by atoms with Crippen LogP contribution in [0.2, 0.25) is 0 Å². The van der Waals surface area contributed by atoms with Crippen LogP contribution in [0.15, 0.2) is 12.1 Å². The van der Waals surface area contributed by atoms with Gasteiger partial charge in [0.15, 0.2) is 0 Å². The van der Waals surface area contributed by atoms with E-state index in [9.17, 15) is 4.79 Å². The van der Waals surface area contributed by atoms with E-state index in [2.05, 4.69) is 28.7 Å². The molecule has 0 heterocycles. The molecule has 0 fully saturated rings. The van der Waals surface area contributed by atoms with Crippen molar-refractivity contribution < 1.29 is 4.79 Å². The van der Waals surface area contributed by atoms with Gasteiger partial charge in [0, 0.05) is 9.13 Å². The lowest BCUT2D eigenvalue weighted by Gasteiger charge is -2.02. The SMILES string of the molecule is Cc1cc(I)c(C)c(C=O)c1. The zero-order valence-electron chi connectivity index (χ0n) is 6.52. The average molecular weight is 260 g/mol. The van der Waals surface area contributed by atoms with E-state index >= 15 is 0 Å². The number of aldehydes is 1. The average Bonchev–Trinajstić information content (AvgIpc) is 1.96. The second-order valence-electron chi connectivity index (χ2n) is 2.58. The third-order valence-electron chi connectivity index (χ3n) is 1.66. The van der Waals surface area contributed by atoms with Crippen LogP contribution in [-0.4, -0.2) is 6.29 Å². The summed E-state index contributed by atoms with van der Waals surface area (Å²) in [5, 5.41) is 0. The molecule has 0 amide bonds. The van der Waals surface area contributed by atoms with E-state index in [1.807, 2.05) is 19.9 Å². The standard InChI is InChI=1S/C9H9IO/c1-6-3-8(5-11)7(2)9(10)4-6/h3-5H,1-2H3. The molecule has 0 unspecified atom stereocenters. The number of rotatable bonds is 1. The molecule has 1 nitrogen and oxygen atoms in total. The molecule has 1 aromatic rings. The van der Waals surface area contributed by atoms with E-state index in [1.54, 1.807) is 0 Å². The van der Waals surface area contributed by atoms with Gasteiger partial charge in [-0.2, -0.15) is 0 Å². The highest BCUT2D eigenvalue weighted by atomic mass is 127. The minimum Gasteiger partial charge on any atom is -0.298 e. The lowest BCUT2D eigenvalue weighted by atomic mass is 10.1. The summed E-state index contributed by atoms with van der Waals surface area (Å²) in [5.74, 6) is 0. The van der Waals surface area contributed by atoms with Crippen LogP contribution < -0.4 is 0 Å². The Morgan fingerprint density at radius 1 is 1.36 bits per heavy atom. The van der Waals surface area contributed by atoms with Crippen molar-refractivity contribution in [3.05, 3.63) is 32.4 Å². The van der Waals surface area contributed by atoms with Crippen LogP contribution in [0, 0.1) is 17.4 Å². The molecule has 58 valence electrons. The van der Waals surface area contributed by atoms with Crippen molar-refractivity contribution >= 4 is 28.9 Å². The summed E-state index contributed by atoms with van der Waals surface area (Å²) in [6, 6.07) is 3.98. The molecule has 0 N–H and O–H groups in total. The van der Waals surface area contributed by atoms with E-state index < -0.39 is 0 Å². The number of hydrogen-bond acceptors (Lipinski definition) is 1. The van der Waals surface area contributed by atoms with Crippen molar-refractivity contribution in [2.24, 2.45) is 0 Å². The van der Waals surface area contributed by atoms with Gasteiger partial charge in [0.05, 0.1) is 0 Å². The van der Waals surface area contributed by atoms with E-state index in [-0.39, 0.29) is 0 Å². The summed E-state index contributed by atoms with van der Waals surface area (Å²) < 4.78 is 1.16. The van der Waals surface area contributed by atoms with Crippen LogP contribution >= 0.6 is 22.6 Å². The highest BCUT2D eigenvalue weighted by Gasteiger charge is 2.01. The van der Waals surface area contributed by atoms with Crippen LogP contribution in [0.1, 0.15) is 21.5 Å². The normalized spacial score (nSPS) is 9.73. The molecule has 0 aliphatic heterocycles. The van der Waals surface area contributed by atoms with Gasteiger partial charge in [-0.3, -0.25) is 4.79 Å². The summed E-state index contributed by atoms with van der Waals surface area (Å²) in [6.45, 7) is 3.96. The highest BCUT2D eigenvalue weighted by Crippen LogP contribution is 2.16. The van der Waals surface area contributed by atoms with Crippen molar-refractivity contribution in [1.29, 1.82) is 0 Å². The predicted octanol–water partition coefficient (Wildman–Crippen LogP) is 2.72. The van der Waals surface area contributed by atoms with Gasteiger partial charge in [-0.25, -0.2) is 0 Å². The second kappa shape index (κ2) is 3.34. The van der Waals surface area contributed by atoms with E-state index in [4.69, 9.17) is 0 Å². The van der Waals surface area contributed by atoms with Gasteiger partial charge in [0.25, 0.3) is 0 Å². The molecule has 1 aromatic carbocycles. The maximum Gasteiger partial charge on any atom is 0.150 e. The largest absolute Gasteiger partial charge is 0.298 e. The fourth-order valence-electron chi connectivity index (χ4n) is 0.964. The highest BCUT2D eigenvalue weighted by molar-refractivity contribution is 14.1. The van der Waals surface area contributed by atoms with E-state index in [0.29, 0.717) is 0 Å². The van der Waals surface area contributed by atoms with E-state index in [0.717, 1.165) is 26.5 Å². The zero-order chi connectivity index (χ0) is 8.43. The molecule has 0 radical (unpaired) electrons. The number of aryl methyl sites for hydroxylation is 1. The third kappa shape index (κ3) is 1.80. The molecule has 0 aromatic heterocycles. The Bertz CT molecular complexity index is 292. The Morgan fingerprint density at radius 2 is 2.00 bits per heavy atom. The maximum absolute atomic E-state index is 10.5. The fourth-order valence-corrected chi connectivity index (χ4v) is 1.77. The summed E-state index contributed by atoms with van der Waals surface area (Å²) >= 11 is 2.24. The van der Waals surface area contributed by atoms with Gasteiger partial charge >= 0.3 is 0 Å². The maximum atomic E-state index is 10.5. The minimum absolute atomic E-state index is 0.800. The zero-order valence-corrected chi connectivity index (χ0v) is 8.68. The first kappa shape index (κ1) is 8.71. The Hall–Kier alpha value is -0.380. The summed E-state index contributed by atoms with van der Waals surface area (Å²) in [4.78, 5) is 10.5. The molecule has 1 rings (SSSR count). The van der Waals surface area contributed by atoms with Gasteiger partial charge in [-0.15, -0.1) is 0 Å². The fraction of sp³-hybridized carbons (Fsp3) is 0.222. The molecule has 0 atom stereocenters. The van der Waals surface area contributed by atoms with E-state index in [1.165, 1.54) is 0 Å². The smallest absolute Gasteiger partial charge is 0.150 e. The predicted molar refractivity (Wildman–Crippen MR) is 54.0 cm³/mol. The first-order chi connectivity index (χ1) is 5.15. The molecule has 0 bridgehead atoms. The Morgan fingerprint density at radius 3 is 2.55 bits per heavy atom. The monoisotopic (exact) mass is 260 g/mol. The molecule has 11 heavy (non-hydrogen) atoms. The summed E-state index contributed by atoms with van der Waals surface area (Å²) in [7, 11) is 0. The van der Waals surface area contributed by atoms with Gasteiger partial charge in [-0.05, 0) is 59.7 Å². The van der Waals surface area contributed by atoms with Crippen LogP contribution in [0.3, 0.4) is 0 Å². The topological polar surface area (TPSA) is 17.1 Å². The molecule has 0 aliphatic carbocycles. The van der Waals surface area contributed by atoms with Crippen molar-refractivity contribution in [2.75, 3.05) is 0 Å². The van der Waals surface area contributed by atoms with Crippen LogP contribution in [0.25, 0.3) is 0 Å². The Balaban J connectivity index is 3.35. The lowest BCUT2D eigenvalue weighted by molar-refractivity contribution is 0.112. The van der Waals surface area contributed by atoms with Crippen molar-refractivity contribution in [2.45, 2.75) is 13.8 Å². The molecule has 0 spiro atoms. The first-order valence-electron chi connectivity index (χ1n) is 3.37. The van der Waals surface area contributed by atoms with Crippen molar-refractivity contribution in [3.8, 4) is 0 Å². The molecule has 0 saturated carbocycles. The quantitative estimate of drug-likeness (QED) is 0.560. The summed E-state index contributed by atoms with van der Waals surface area (Å²) in [5.41, 5.74) is 3.02. The van der Waals surface area contributed by atoms with Gasteiger partial charge < -0.3 is 0 Å². The summed E-state index contributed by atoms with van der Waals surface area (Å²) in [6.07, 6.45) is 0.907. The number of hydrogen-bond donors (Lipinski definition) is 0. The van der Waals surface area contributed by atoms with Gasteiger partial charge in [-0.1, -0.05) is 0 Å². The Kier molecular flexibility index (Phi) is 2.65. The first-order valence-corrected chi connectivity index (χ1v) is 4.45. The third-order valence-corrected chi connectivity index (χ3v) is 2.78. The molecule has 2 heteroatoms. The molecule has 0 aliphatic rings. The van der Waals surface area contributed by atoms with Crippen molar-refractivity contribution in [3.63, 3.8) is 0 Å². The van der Waals surface area contributed by atoms with Crippen LogP contribution in [-0.2, 0) is 0 Å². The second-order valence-corrected chi connectivity index (χ2v) is 3.74. The number of benzene rings is 1. The Labute approximate surface area is 79.9 Å². The number of carbonyl (C=O) groups excluding carboxylic acids is 1. The van der Waals surface area contributed by atoms with Gasteiger partial charge in [0.1, 0.15) is 6.29 Å². The molecular formula is C9H9IO. The number of carbonyl (C=O) groups is 1. The minimum atomic E-state index is 0.800.